The molecule has 1 fully saturated rings. The molecule has 0 N–H and O–H groups in total. The molecule has 1 atom stereocenters. The van der Waals surface area contributed by atoms with E-state index in [1.807, 2.05) is 13.3 Å². The lowest BCUT2D eigenvalue weighted by atomic mass is 10.2. The molecule has 0 amide bonds. The van der Waals surface area contributed by atoms with E-state index in [4.69, 9.17) is 0 Å². The Labute approximate surface area is 42.5 Å². The van der Waals surface area contributed by atoms with Gasteiger partial charge < -0.3 is 4.74 Å². The lowest BCUT2D eigenvalue weighted by Gasteiger charge is -1.88. The monoisotopic (exact) mass is 99.0 g/mol. The zero-order valence-electron chi connectivity index (χ0n) is 4.18. The summed E-state index contributed by atoms with van der Waals surface area (Å²) in [5.41, 5.74) is 0. The molecule has 2 heteroatoms. The molecule has 1 rings (SSSR count). The molecule has 0 aliphatic carbocycles. The van der Waals surface area contributed by atoms with Crippen molar-refractivity contribution in [2.75, 3.05) is 6.61 Å². The van der Waals surface area contributed by atoms with Crippen LogP contribution in [0.25, 0.3) is 0 Å². The van der Waals surface area contributed by atoms with Gasteiger partial charge in [0.15, 0.2) is 0 Å². The molecule has 1 radical (unpaired) electrons. The molecule has 2 nitrogen and oxygen atoms in total. The number of rotatable bonds is 0. The molecule has 1 heterocycles. The van der Waals surface area contributed by atoms with E-state index in [1.165, 1.54) is 0 Å². The maximum Gasteiger partial charge on any atom is 0.309 e. The van der Waals surface area contributed by atoms with Gasteiger partial charge in [-0.15, -0.1) is 0 Å². The van der Waals surface area contributed by atoms with Gasteiger partial charge in [-0.2, -0.15) is 0 Å². The molecular formula is C5H7O2. The number of ether oxygens (including phenoxy) is 1. The Balaban J connectivity index is 2.48. The fourth-order valence-corrected chi connectivity index (χ4v) is 0.502. The molecule has 0 saturated carbocycles. The van der Waals surface area contributed by atoms with Gasteiger partial charge in [0.25, 0.3) is 0 Å². The lowest BCUT2D eigenvalue weighted by Crippen LogP contribution is -2.01. The quantitative estimate of drug-likeness (QED) is 0.410. The number of carbonyl (C=O) groups excluding carboxylic acids is 1. The van der Waals surface area contributed by atoms with Gasteiger partial charge in [-0.05, 0) is 0 Å². The highest BCUT2D eigenvalue weighted by Crippen LogP contribution is 2.10. The first-order valence-corrected chi connectivity index (χ1v) is 2.30. The van der Waals surface area contributed by atoms with Gasteiger partial charge in [-0.3, -0.25) is 4.79 Å². The van der Waals surface area contributed by atoms with Crippen LogP contribution in [0.4, 0.5) is 0 Å². The van der Waals surface area contributed by atoms with Crippen molar-refractivity contribution < 1.29 is 9.53 Å². The Kier molecular flexibility index (Phi) is 1.01. The van der Waals surface area contributed by atoms with Crippen LogP contribution in [0.15, 0.2) is 0 Å². The maximum absolute atomic E-state index is 10.3. The molecule has 0 aromatic carbocycles. The highest BCUT2D eigenvalue weighted by atomic mass is 16.5. The van der Waals surface area contributed by atoms with E-state index in [0.29, 0.717) is 6.61 Å². The molecule has 0 aromatic rings. The van der Waals surface area contributed by atoms with Crippen LogP contribution in [0.3, 0.4) is 0 Å². The average molecular weight is 99.1 g/mol. The minimum absolute atomic E-state index is 0.0278. The molecule has 1 unspecified atom stereocenters. The summed E-state index contributed by atoms with van der Waals surface area (Å²) < 4.78 is 4.57. The Bertz CT molecular complexity index is 88.1. The highest BCUT2D eigenvalue weighted by Gasteiger charge is 2.20. The van der Waals surface area contributed by atoms with Gasteiger partial charge in [-0.1, -0.05) is 6.92 Å². The van der Waals surface area contributed by atoms with Gasteiger partial charge in [0, 0.05) is 6.42 Å². The number of hydrogen-bond acceptors (Lipinski definition) is 2. The number of esters is 1. The molecule has 1 saturated heterocycles. The highest BCUT2D eigenvalue weighted by molar-refractivity contribution is 5.75. The lowest BCUT2D eigenvalue weighted by molar-refractivity contribution is -0.140. The fraction of sp³-hybridized carbons (Fsp3) is 0.600. The SMILES string of the molecule is CC1[CH]COC1=O. The van der Waals surface area contributed by atoms with E-state index in [2.05, 4.69) is 4.74 Å². The van der Waals surface area contributed by atoms with Gasteiger partial charge in [0.2, 0.25) is 0 Å². The van der Waals surface area contributed by atoms with E-state index in [1.54, 1.807) is 0 Å². The van der Waals surface area contributed by atoms with Gasteiger partial charge in [-0.25, -0.2) is 0 Å². The van der Waals surface area contributed by atoms with Crippen molar-refractivity contribution in [3.05, 3.63) is 6.42 Å². The zero-order chi connectivity index (χ0) is 5.28. The second kappa shape index (κ2) is 1.52. The van der Waals surface area contributed by atoms with E-state index in [-0.39, 0.29) is 11.9 Å². The molecule has 7 heavy (non-hydrogen) atoms. The summed E-state index contributed by atoms with van der Waals surface area (Å²) in [6.07, 6.45) is 1.85. The number of carbonyl (C=O) groups is 1. The second-order valence-corrected chi connectivity index (χ2v) is 1.65. The Morgan fingerprint density at radius 3 is 2.86 bits per heavy atom. The smallest absolute Gasteiger partial charge is 0.309 e. The van der Waals surface area contributed by atoms with E-state index in [0.717, 1.165) is 0 Å². The first-order chi connectivity index (χ1) is 3.30. The zero-order valence-corrected chi connectivity index (χ0v) is 4.18. The predicted octanol–water partition coefficient (Wildman–Crippen LogP) is 0.384. The standard InChI is InChI=1S/C5H7O2/c1-4-2-3-7-5(4)6/h2,4H,3H2,1H3. The molecule has 1 aliphatic rings. The summed E-state index contributed by atoms with van der Waals surface area (Å²) in [6.45, 7) is 2.33. The van der Waals surface area contributed by atoms with Crippen molar-refractivity contribution in [2.45, 2.75) is 6.92 Å². The predicted molar refractivity (Wildman–Crippen MR) is 24.4 cm³/mol. The summed E-state index contributed by atoms with van der Waals surface area (Å²) in [4.78, 5) is 10.3. The van der Waals surface area contributed by atoms with Crippen LogP contribution in [0, 0.1) is 12.3 Å². The Hall–Kier alpha value is -0.530. The van der Waals surface area contributed by atoms with Crippen LogP contribution < -0.4 is 0 Å². The molecule has 0 aromatic heterocycles. The maximum atomic E-state index is 10.3. The average Bonchev–Trinajstić information content (AvgIpc) is 1.91. The van der Waals surface area contributed by atoms with Gasteiger partial charge in [0.1, 0.15) is 0 Å². The van der Waals surface area contributed by atoms with Crippen LogP contribution >= 0.6 is 0 Å². The van der Waals surface area contributed by atoms with E-state index in [9.17, 15) is 4.79 Å². The third kappa shape index (κ3) is 0.734. The minimum atomic E-state index is -0.0972. The van der Waals surface area contributed by atoms with Gasteiger partial charge in [0.05, 0.1) is 12.5 Å². The van der Waals surface area contributed by atoms with Crippen LogP contribution in [-0.4, -0.2) is 12.6 Å². The molecule has 0 spiro atoms. The van der Waals surface area contributed by atoms with Crippen LogP contribution in [0.1, 0.15) is 6.92 Å². The van der Waals surface area contributed by atoms with Gasteiger partial charge >= 0.3 is 5.97 Å². The third-order valence-electron chi connectivity index (χ3n) is 1.05. The topological polar surface area (TPSA) is 26.3 Å². The normalized spacial score (nSPS) is 30.4. The van der Waals surface area contributed by atoms with E-state index < -0.39 is 0 Å². The van der Waals surface area contributed by atoms with E-state index >= 15 is 0 Å². The summed E-state index contributed by atoms with van der Waals surface area (Å²) in [7, 11) is 0. The van der Waals surface area contributed by atoms with Crippen molar-refractivity contribution in [3.63, 3.8) is 0 Å². The molecule has 1 aliphatic heterocycles. The fourth-order valence-electron chi connectivity index (χ4n) is 0.502. The van der Waals surface area contributed by atoms with Crippen molar-refractivity contribution in [1.82, 2.24) is 0 Å². The minimum Gasteiger partial charge on any atom is -0.465 e. The van der Waals surface area contributed by atoms with Crippen molar-refractivity contribution >= 4 is 5.97 Å². The second-order valence-electron chi connectivity index (χ2n) is 1.65. The van der Waals surface area contributed by atoms with Crippen LogP contribution in [0.5, 0.6) is 0 Å². The molecule has 0 bridgehead atoms. The first kappa shape index (κ1) is 4.62. The Morgan fingerprint density at radius 1 is 2.00 bits per heavy atom. The Morgan fingerprint density at radius 2 is 2.71 bits per heavy atom. The summed E-state index contributed by atoms with van der Waals surface area (Å²) >= 11 is 0. The number of cyclic esters (lactones) is 1. The molecule has 39 valence electrons. The van der Waals surface area contributed by atoms with Crippen LogP contribution in [-0.2, 0) is 9.53 Å². The third-order valence-corrected chi connectivity index (χ3v) is 1.05. The summed E-state index contributed by atoms with van der Waals surface area (Å²) in [5, 5.41) is 0. The van der Waals surface area contributed by atoms with Crippen molar-refractivity contribution in [3.8, 4) is 0 Å². The van der Waals surface area contributed by atoms with Crippen molar-refractivity contribution in [2.24, 2.45) is 5.92 Å². The van der Waals surface area contributed by atoms with Crippen LogP contribution in [0.2, 0.25) is 0 Å². The van der Waals surface area contributed by atoms with Crippen molar-refractivity contribution in [1.29, 1.82) is 0 Å². The largest absolute Gasteiger partial charge is 0.465 e. The summed E-state index contributed by atoms with van der Waals surface area (Å²) in [6, 6.07) is 0. The number of hydrogen-bond donors (Lipinski definition) is 0. The molecular weight excluding hydrogens is 92.1 g/mol. The summed E-state index contributed by atoms with van der Waals surface area (Å²) in [5.74, 6) is -0.0694. The first-order valence-electron chi connectivity index (χ1n) is 2.30.